The van der Waals surface area contributed by atoms with Crippen LogP contribution < -0.4 is 5.32 Å². The lowest BCUT2D eigenvalue weighted by molar-refractivity contribution is 0.552. The fraction of sp³-hybridized carbons (Fsp3) is 0.429. The van der Waals surface area contributed by atoms with Crippen LogP contribution in [0.4, 0.5) is 0 Å². The van der Waals surface area contributed by atoms with E-state index in [-0.39, 0.29) is 0 Å². The molecule has 0 aromatic heterocycles. The lowest BCUT2D eigenvalue weighted by atomic mass is 10.1. The molecule has 1 aromatic rings. The largest absolute Gasteiger partial charge is 0.309 e. The zero-order chi connectivity index (χ0) is 12.1. The Labute approximate surface area is 116 Å². The summed E-state index contributed by atoms with van der Waals surface area (Å²) < 4.78 is 1.18. The highest BCUT2D eigenvalue weighted by Gasteiger charge is 2.21. The quantitative estimate of drug-likeness (QED) is 0.661. The smallest absolute Gasteiger partial charge is 0.0545 e. The Morgan fingerprint density at radius 1 is 1.53 bits per heavy atom. The van der Waals surface area contributed by atoms with E-state index in [4.69, 9.17) is 6.42 Å². The van der Waals surface area contributed by atoms with Gasteiger partial charge in [0.2, 0.25) is 0 Å². The van der Waals surface area contributed by atoms with Gasteiger partial charge in [-0.2, -0.15) is 0 Å². The summed E-state index contributed by atoms with van der Waals surface area (Å²) in [4.78, 5) is 0. The molecule has 1 atom stereocenters. The van der Waals surface area contributed by atoms with E-state index in [1.165, 1.54) is 28.4 Å². The Morgan fingerprint density at radius 3 is 3.24 bits per heavy atom. The first-order valence-electron chi connectivity index (χ1n) is 5.84. The van der Waals surface area contributed by atoms with Gasteiger partial charge in [0.25, 0.3) is 0 Å². The molecule has 90 valence electrons. The van der Waals surface area contributed by atoms with Gasteiger partial charge in [0.15, 0.2) is 0 Å². The van der Waals surface area contributed by atoms with Gasteiger partial charge in [0.05, 0.1) is 5.75 Å². The van der Waals surface area contributed by atoms with Gasteiger partial charge in [-0.3, -0.25) is 0 Å². The van der Waals surface area contributed by atoms with E-state index in [1.54, 1.807) is 0 Å². The maximum absolute atomic E-state index is 5.21. The van der Waals surface area contributed by atoms with E-state index in [0.29, 0.717) is 6.04 Å². The molecule has 0 saturated carbocycles. The predicted molar refractivity (Wildman–Crippen MR) is 79.4 cm³/mol. The van der Waals surface area contributed by atoms with Crippen LogP contribution in [-0.4, -0.2) is 18.1 Å². The number of fused-ring (bicyclic) bond motifs is 1. The minimum atomic E-state index is 0.532. The Balaban J connectivity index is 1.83. The molecular weight excluding hydrogens is 294 g/mol. The van der Waals surface area contributed by atoms with E-state index in [2.05, 4.69) is 45.4 Å². The van der Waals surface area contributed by atoms with Crippen LogP contribution in [0.15, 0.2) is 22.7 Å². The first-order chi connectivity index (χ1) is 8.31. The average Bonchev–Trinajstić information content (AvgIpc) is 2.71. The third kappa shape index (κ3) is 3.51. The molecule has 0 radical (unpaired) electrons. The number of hydrogen-bond acceptors (Lipinski definition) is 2. The summed E-state index contributed by atoms with van der Waals surface area (Å²) in [5.74, 6) is 4.55. The van der Waals surface area contributed by atoms with E-state index >= 15 is 0 Å². The van der Waals surface area contributed by atoms with Crippen molar-refractivity contribution in [3.05, 3.63) is 33.8 Å². The Hall–Kier alpha value is -0.430. The highest BCUT2D eigenvalue weighted by atomic mass is 79.9. The molecule has 3 heteroatoms. The van der Waals surface area contributed by atoms with Crippen molar-refractivity contribution in [3.8, 4) is 12.3 Å². The summed E-state index contributed by atoms with van der Waals surface area (Å²) >= 11 is 5.34. The molecule has 0 heterocycles. The maximum atomic E-state index is 5.21. The van der Waals surface area contributed by atoms with Gasteiger partial charge in [0.1, 0.15) is 0 Å². The van der Waals surface area contributed by atoms with Gasteiger partial charge in [-0.25, -0.2) is 0 Å². The van der Waals surface area contributed by atoms with Crippen LogP contribution in [0.1, 0.15) is 23.6 Å². The number of thioether (sulfide) groups is 1. The van der Waals surface area contributed by atoms with Gasteiger partial charge in [-0.15, -0.1) is 18.2 Å². The van der Waals surface area contributed by atoms with Gasteiger partial charge in [0, 0.05) is 22.8 Å². The summed E-state index contributed by atoms with van der Waals surface area (Å²) in [6.07, 6.45) is 7.61. The molecule has 0 spiro atoms. The van der Waals surface area contributed by atoms with Crippen molar-refractivity contribution in [1.29, 1.82) is 0 Å². The molecule has 0 aliphatic heterocycles. The number of terminal acetylenes is 1. The fourth-order valence-electron chi connectivity index (χ4n) is 2.23. The summed E-state index contributed by atoms with van der Waals surface area (Å²) in [5, 5.41) is 3.61. The van der Waals surface area contributed by atoms with Crippen molar-refractivity contribution in [2.45, 2.75) is 18.9 Å². The molecule has 2 rings (SSSR count). The van der Waals surface area contributed by atoms with Crippen molar-refractivity contribution in [2.75, 3.05) is 18.1 Å². The topological polar surface area (TPSA) is 12.0 Å². The lowest BCUT2D eigenvalue weighted by Gasteiger charge is -2.13. The minimum Gasteiger partial charge on any atom is -0.309 e. The van der Waals surface area contributed by atoms with Crippen molar-refractivity contribution in [3.63, 3.8) is 0 Å². The lowest BCUT2D eigenvalue weighted by Crippen LogP contribution is -2.21. The third-order valence-electron chi connectivity index (χ3n) is 3.01. The van der Waals surface area contributed by atoms with Crippen LogP contribution in [0.3, 0.4) is 0 Å². The zero-order valence-electron chi connectivity index (χ0n) is 9.71. The predicted octanol–water partition coefficient (Wildman–Crippen LogP) is 3.39. The fourth-order valence-corrected chi connectivity index (χ4v) is 3.17. The van der Waals surface area contributed by atoms with Crippen LogP contribution in [0.25, 0.3) is 0 Å². The summed E-state index contributed by atoms with van der Waals surface area (Å²) in [6, 6.07) is 7.14. The highest BCUT2D eigenvalue weighted by Crippen LogP contribution is 2.32. The molecule has 0 saturated heterocycles. The van der Waals surface area contributed by atoms with E-state index in [1.807, 2.05) is 11.8 Å². The SMILES string of the molecule is C#CCSCCNC1CCc2cc(Br)ccc21. The summed E-state index contributed by atoms with van der Waals surface area (Å²) in [7, 11) is 0. The average molecular weight is 310 g/mol. The number of rotatable bonds is 5. The normalized spacial score (nSPS) is 17.8. The van der Waals surface area contributed by atoms with Gasteiger partial charge >= 0.3 is 0 Å². The second-order valence-corrected chi connectivity index (χ2v) is 6.17. The third-order valence-corrected chi connectivity index (χ3v) is 4.36. The Kier molecular flexibility index (Phi) is 4.97. The molecule has 1 nitrogen and oxygen atoms in total. The molecular formula is C14H16BrNS. The van der Waals surface area contributed by atoms with Crippen LogP contribution in [-0.2, 0) is 6.42 Å². The standard InChI is InChI=1S/C14H16BrNS/c1-2-8-17-9-7-16-14-6-3-11-10-12(15)4-5-13(11)14/h1,4-5,10,14,16H,3,6-9H2. The minimum absolute atomic E-state index is 0.532. The van der Waals surface area contributed by atoms with E-state index < -0.39 is 0 Å². The Morgan fingerprint density at radius 2 is 2.41 bits per heavy atom. The van der Waals surface area contributed by atoms with Gasteiger partial charge in [-0.05, 0) is 36.1 Å². The molecule has 0 fully saturated rings. The second-order valence-electron chi connectivity index (χ2n) is 4.15. The number of hydrogen-bond donors (Lipinski definition) is 1. The maximum Gasteiger partial charge on any atom is 0.0545 e. The van der Waals surface area contributed by atoms with Gasteiger partial charge in [-0.1, -0.05) is 27.9 Å². The van der Waals surface area contributed by atoms with Crippen LogP contribution in [0.5, 0.6) is 0 Å². The van der Waals surface area contributed by atoms with Crippen LogP contribution >= 0.6 is 27.7 Å². The number of nitrogens with one attached hydrogen (secondary N) is 1. The first-order valence-corrected chi connectivity index (χ1v) is 7.79. The Bertz CT molecular complexity index is 425. The van der Waals surface area contributed by atoms with Crippen molar-refractivity contribution < 1.29 is 0 Å². The summed E-state index contributed by atoms with van der Waals surface area (Å²) in [6.45, 7) is 1.03. The first kappa shape index (κ1) is 13.0. The monoisotopic (exact) mass is 309 g/mol. The van der Waals surface area contributed by atoms with E-state index in [0.717, 1.165) is 18.1 Å². The molecule has 1 aliphatic carbocycles. The highest BCUT2D eigenvalue weighted by molar-refractivity contribution is 9.10. The molecule has 0 amide bonds. The molecule has 1 aliphatic rings. The van der Waals surface area contributed by atoms with Crippen molar-refractivity contribution in [1.82, 2.24) is 5.32 Å². The van der Waals surface area contributed by atoms with Crippen LogP contribution in [0.2, 0.25) is 0 Å². The van der Waals surface area contributed by atoms with Crippen molar-refractivity contribution >= 4 is 27.7 Å². The number of halogens is 1. The van der Waals surface area contributed by atoms with Gasteiger partial charge < -0.3 is 5.32 Å². The number of benzene rings is 1. The molecule has 0 bridgehead atoms. The molecule has 17 heavy (non-hydrogen) atoms. The molecule has 1 N–H and O–H groups in total. The zero-order valence-corrected chi connectivity index (χ0v) is 12.1. The number of aryl methyl sites for hydroxylation is 1. The molecule has 1 aromatic carbocycles. The second kappa shape index (κ2) is 6.49. The van der Waals surface area contributed by atoms with Crippen molar-refractivity contribution in [2.24, 2.45) is 0 Å². The van der Waals surface area contributed by atoms with Crippen LogP contribution in [0, 0.1) is 12.3 Å². The summed E-state index contributed by atoms with van der Waals surface area (Å²) in [5.41, 5.74) is 2.95. The molecule has 1 unspecified atom stereocenters. The van der Waals surface area contributed by atoms with E-state index in [9.17, 15) is 0 Å².